The van der Waals surface area contributed by atoms with E-state index in [2.05, 4.69) is 9.97 Å². The van der Waals surface area contributed by atoms with Gasteiger partial charge in [-0.15, -0.1) is 11.3 Å². The Kier molecular flexibility index (Phi) is 4.38. The summed E-state index contributed by atoms with van der Waals surface area (Å²) in [6, 6.07) is 3.74. The summed E-state index contributed by atoms with van der Waals surface area (Å²) in [6.07, 6.45) is 4.21. The van der Waals surface area contributed by atoms with Crippen LogP contribution >= 0.6 is 11.3 Å². The second-order valence-electron chi connectivity index (χ2n) is 5.68. The van der Waals surface area contributed by atoms with E-state index in [9.17, 15) is 9.59 Å². The zero-order valence-corrected chi connectivity index (χ0v) is 13.9. The van der Waals surface area contributed by atoms with Crippen molar-refractivity contribution in [3.8, 4) is 10.6 Å². The van der Waals surface area contributed by atoms with Crippen molar-refractivity contribution >= 4 is 23.2 Å². The van der Waals surface area contributed by atoms with E-state index in [1.807, 2.05) is 26.0 Å². The number of aromatic nitrogens is 2. The second kappa shape index (κ2) is 6.45. The summed E-state index contributed by atoms with van der Waals surface area (Å²) >= 11 is 1.40. The highest BCUT2D eigenvalue weighted by molar-refractivity contribution is 7.13. The molecule has 0 unspecified atom stereocenters. The van der Waals surface area contributed by atoms with Gasteiger partial charge >= 0.3 is 0 Å². The Morgan fingerprint density at radius 1 is 1.26 bits per heavy atom. The molecule has 3 rings (SSSR count). The van der Waals surface area contributed by atoms with Crippen molar-refractivity contribution in [2.75, 3.05) is 13.1 Å². The van der Waals surface area contributed by atoms with Crippen molar-refractivity contribution in [1.82, 2.24) is 20.0 Å². The SMILES string of the molecule is CC(C)C(=O)N1CCCN1C(=O)c1csc(-c2cccnc2)n1. The number of thiazole rings is 1. The van der Waals surface area contributed by atoms with Gasteiger partial charge in [-0.1, -0.05) is 13.8 Å². The first-order valence-electron chi connectivity index (χ1n) is 7.57. The third-order valence-electron chi connectivity index (χ3n) is 3.65. The summed E-state index contributed by atoms with van der Waals surface area (Å²) in [7, 11) is 0. The second-order valence-corrected chi connectivity index (χ2v) is 6.54. The number of amides is 2. The summed E-state index contributed by atoms with van der Waals surface area (Å²) in [5.41, 5.74) is 1.25. The highest BCUT2D eigenvalue weighted by Crippen LogP contribution is 2.24. The lowest BCUT2D eigenvalue weighted by molar-refractivity contribution is -0.143. The van der Waals surface area contributed by atoms with Crippen LogP contribution in [0.2, 0.25) is 0 Å². The topological polar surface area (TPSA) is 66.4 Å². The molecule has 0 saturated carbocycles. The highest BCUT2D eigenvalue weighted by atomic mass is 32.1. The molecule has 6 nitrogen and oxygen atoms in total. The Bertz CT molecular complexity index is 714. The Balaban J connectivity index is 1.81. The quantitative estimate of drug-likeness (QED) is 0.867. The van der Waals surface area contributed by atoms with E-state index in [0.717, 1.165) is 17.0 Å². The minimum absolute atomic E-state index is 0.0291. The number of carbonyl (C=O) groups is 2. The van der Waals surface area contributed by atoms with Gasteiger partial charge in [-0.25, -0.2) is 9.99 Å². The van der Waals surface area contributed by atoms with Crippen LogP contribution in [-0.2, 0) is 4.79 Å². The van der Waals surface area contributed by atoms with E-state index in [4.69, 9.17) is 0 Å². The highest BCUT2D eigenvalue weighted by Gasteiger charge is 2.33. The molecule has 1 aliphatic rings. The van der Waals surface area contributed by atoms with Gasteiger partial charge < -0.3 is 0 Å². The van der Waals surface area contributed by atoms with E-state index in [-0.39, 0.29) is 17.7 Å². The lowest BCUT2D eigenvalue weighted by Crippen LogP contribution is -2.46. The summed E-state index contributed by atoms with van der Waals surface area (Å²) < 4.78 is 0. The van der Waals surface area contributed by atoms with Gasteiger partial charge in [0, 0.05) is 42.3 Å². The molecule has 0 bridgehead atoms. The number of hydrogen-bond acceptors (Lipinski definition) is 5. The van der Waals surface area contributed by atoms with Gasteiger partial charge in [-0.3, -0.25) is 19.6 Å². The predicted molar refractivity (Wildman–Crippen MR) is 87.5 cm³/mol. The lowest BCUT2D eigenvalue weighted by Gasteiger charge is -2.28. The molecule has 0 atom stereocenters. The fourth-order valence-corrected chi connectivity index (χ4v) is 3.26. The standard InChI is InChI=1S/C16H18N4O2S/c1-11(2)15(21)19-7-4-8-20(19)16(22)13-10-23-14(18-13)12-5-3-6-17-9-12/h3,5-6,9-11H,4,7-8H2,1-2H3. The summed E-state index contributed by atoms with van der Waals surface area (Å²) in [5, 5.41) is 5.56. The normalized spacial score (nSPS) is 14.6. The van der Waals surface area contributed by atoms with Crippen molar-refractivity contribution in [3.05, 3.63) is 35.6 Å². The molecule has 1 saturated heterocycles. The molecule has 1 fully saturated rings. The van der Waals surface area contributed by atoms with Crippen LogP contribution in [0.4, 0.5) is 0 Å². The molecule has 3 heterocycles. The van der Waals surface area contributed by atoms with Crippen LogP contribution in [-0.4, -0.2) is 44.9 Å². The molecule has 2 amide bonds. The molecular weight excluding hydrogens is 312 g/mol. The summed E-state index contributed by atoms with van der Waals surface area (Å²) in [6.45, 7) is 4.82. The van der Waals surface area contributed by atoms with E-state index >= 15 is 0 Å². The van der Waals surface area contributed by atoms with Crippen LogP contribution in [0.15, 0.2) is 29.9 Å². The lowest BCUT2D eigenvalue weighted by atomic mass is 10.2. The Hall–Kier alpha value is -2.28. The molecule has 0 spiro atoms. The molecule has 1 aliphatic heterocycles. The zero-order chi connectivity index (χ0) is 16.4. The van der Waals surface area contributed by atoms with Crippen LogP contribution in [0.25, 0.3) is 10.6 Å². The molecule has 0 N–H and O–H groups in total. The summed E-state index contributed by atoms with van der Waals surface area (Å²) in [5.74, 6) is -0.383. The van der Waals surface area contributed by atoms with E-state index in [1.54, 1.807) is 22.8 Å². The van der Waals surface area contributed by atoms with E-state index in [0.29, 0.717) is 18.8 Å². The number of nitrogens with zero attached hydrogens (tertiary/aromatic N) is 4. The number of rotatable bonds is 3. The number of carbonyl (C=O) groups excluding carboxylic acids is 2. The Morgan fingerprint density at radius 3 is 2.74 bits per heavy atom. The van der Waals surface area contributed by atoms with E-state index in [1.165, 1.54) is 16.3 Å². The van der Waals surface area contributed by atoms with Crippen molar-refractivity contribution in [2.45, 2.75) is 20.3 Å². The molecule has 2 aromatic heterocycles. The van der Waals surface area contributed by atoms with Crippen LogP contribution in [0.3, 0.4) is 0 Å². The van der Waals surface area contributed by atoms with Gasteiger partial charge in [0.05, 0.1) is 0 Å². The van der Waals surface area contributed by atoms with Gasteiger partial charge in [-0.05, 0) is 18.6 Å². The minimum atomic E-state index is -0.220. The number of hydrazine groups is 1. The maximum Gasteiger partial charge on any atom is 0.291 e. The van der Waals surface area contributed by atoms with Gasteiger partial charge in [0.1, 0.15) is 10.7 Å². The van der Waals surface area contributed by atoms with Crippen LogP contribution in [0, 0.1) is 5.92 Å². The molecule has 120 valence electrons. The zero-order valence-electron chi connectivity index (χ0n) is 13.1. The van der Waals surface area contributed by atoms with E-state index < -0.39 is 0 Å². The van der Waals surface area contributed by atoms with Gasteiger partial charge in [-0.2, -0.15) is 0 Å². The van der Waals surface area contributed by atoms with Crippen molar-refractivity contribution in [3.63, 3.8) is 0 Å². The monoisotopic (exact) mass is 330 g/mol. The van der Waals surface area contributed by atoms with Crippen LogP contribution in [0.1, 0.15) is 30.8 Å². The third kappa shape index (κ3) is 3.10. The maximum atomic E-state index is 12.7. The van der Waals surface area contributed by atoms with Crippen molar-refractivity contribution in [2.24, 2.45) is 5.92 Å². The molecular formula is C16H18N4O2S. The molecule has 2 aromatic rings. The first-order valence-corrected chi connectivity index (χ1v) is 8.45. The van der Waals surface area contributed by atoms with Gasteiger partial charge in [0.25, 0.3) is 5.91 Å². The molecule has 23 heavy (non-hydrogen) atoms. The third-order valence-corrected chi connectivity index (χ3v) is 4.54. The molecule has 7 heteroatoms. The Labute approximate surface area is 138 Å². The molecule has 0 aliphatic carbocycles. The summed E-state index contributed by atoms with van der Waals surface area (Å²) in [4.78, 5) is 33.4. The minimum Gasteiger partial charge on any atom is -0.273 e. The van der Waals surface area contributed by atoms with Crippen LogP contribution in [0.5, 0.6) is 0 Å². The van der Waals surface area contributed by atoms with Crippen molar-refractivity contribution < 1.29 is 9.59 Å². The first kappa shape index (κ1) is 15.6. The maximum absolute atomic E-state index is 12.7. The fraction of sp³-hybridized carbons (Fsp3) is 0.375. The van der Waals surface area contributed by atoms with Crippen LogP contribution < -0.4 is 0 Å². The molecule has 0 aromatic carbocycles. The van der Waals surface area contributed by atoms with Crippen molar-refractivity contribution in [1.29, 1.82) is 0 Å². The number of hydrogen-bond donors (Lipinski definition) is 0. The van der Waals surface area contributed by atoms with Gasteiger partial charge in [0.2, 0.25) is 5.91 Å². The molecule has 0 radical (unpaired) electrons. The fourth-order valence-electron chi connectivity index (χ4n) is 2.48. The average molecular weight is 330 g/mol. The first-order chi connectivity index (χ1) is 11.1. The average Bonchev–Trinajstić information content (AvgIpc) is 3.23. The number of pyridine rings is 1. The smallest absolute Gasteiger partial charge is 0.273 e. The Morgan fingerprint density at radius 2 is 2.04 bits per heavy atom. The van der Waals surface area contributed by atoms with Gasteiger partial charge in [0.15, 0.2) is 0 Å². The predicted octanol–water partition coefficient (Wildman–Crippen LogP) is 2.45. The largest absolute Gasteiger partial charge is 0.291 e.